The molecule has 1 aliphatic rings. The molecule has 0 spiro atoms. The number of carbonyl (C=O) groups excluding carboxylic acids is 1. The molecule has 0 saturated carbocycles. The molecule has 1 aliphatic heterocycles. The van der Waals surface area contributed by atoms with Gasteiger partial charge < -0.3 is 4.90 Å². The maximum absolute atomic E-state index is 12.1. The first-order valence-corrected chi connectivity index (χ1v) is 8.15. The van der Waals surface area contributed by atoms with Crippen LogP contribution >= 0.6 is 27.3 Å². The molecule has 1 aromatic rings. The van der Waals surface area contributed by atoms with Gasteiger partial charge in [0.1, 0.15) is 0 Å². The van der Waals surface area contributed by atoms with Crippen LogP contribution in [0.2, 0.25) is 0 Å². The number of carbonyl (C=O) groups is 1. The smallest absolute Gasteiger partial charge is 0.223 e. The number of rotatable bonds is 5. The van der Waals surface area contributed by atoms with Gasteiger partial charge in [0, 0.05) is 23.2 Å². The van der Waals surface area contributed by atoms with Gasteiger partial charge in [-0.2, -0.15) is 0 Å². The van der Waals surface area contributed by atoms with Crippen molar-refractivity contribution in [1.82, 2.24) is 4.90 Å². The van der Waals surface area contributed by atoms with E-state index < -0.39 is 0 Å². The molecule has 2 atom stereocenters. The molecule has 1 fully saturated rings. The Balaban J connectivity index is 2.14. The van der Waals surface area contributed by atoms with Crippen LogP contribution in [-0.2, 0) is 4.79 Å². The Kier molecular flexibility index (Phi) is 4.62. The molecule has 2 rings (SSSR count). The summed E-state index contributed by atoms with van der Waals surface area (Å²) in [4.78, 5) is 15.5. The zero-order valence-corrected chi connectivity index (χ0v) is 12.5. The second-order valence-electron chi connectivity index (χ2n) is 4.59. The lowest BCUT2D eigenvalue weighted by Crippen LogP contribution is -2.30. The first-order valence-electron chi connectivity index (χ1n) is 6.15. The molecule has 0 radical (unpaired) electrons. The van der Waals surface area contributed by atoms with Gasteiger partial charge in [0.15, 0.2) is 0 Å². The maximum atomic E-state index is 12.1. The van der Waals surface area contributed by atoms with Crippen molar-refractivity contribution in [2.24, 2.45) is 5.92 Å². The summed E-state index contributed by atoms with van der Waals surface area (Å²) in [6, 6.07) is 4.53. The predicted molar refractivity (Wildman–Crippen MR) is 75.6 cm³/mol. The van der Waals surface area contributed by atoms with Crippen LogP contribution in [0.5, 0.6) is 0 Å². The van der Waals surface area contributed by atoms with E-state index >= 15 is 0 Å². The van der Waals surface area contributed by atoms with Crippen LogP contribution in [0.25, 0.3) is 0 Å². The number of amides is 1. The van der Waals surface area contributed by atoms with Gasteiger partial charge in [-0.3, -0.25) is 4.79 Å². The minimum Gasteiger partial charge on any atom is -0.335 e. The van der Waals surface area contributed by atoms with Crippen LogP contribution < -0.4 is 0 Å². The Labute approximate surface area is 115 Å². The lowest BCUT2D eigenvalue weighted by atomic mass is 10.1. The van der Waals surface area contributed by atoms with E-state index in [0.29, 0.717) is 24.3 Å². The Morgan fingerprint density at radius 3 is 3.00 bits per heavy atom. The van der Waals surface area contributed by atoms with E-state index in [1.54, 1.807) is 11.3 Å². The van der Waals surface area contributed by atoms with Crippen molar-refractivity contribution >= 4 is 33.2 Å². The summed E-state index contributed by atoms with van der Waals surface area (Å²) in [5.41, 5.74) is 0. The monoisotopic (exact) mass is 315 g/mol. The Bertz CT molecular complexity index is 366. The number of nitrogens with zero attached hydrogens (tertiary/aromatic N) is 1. The minimum absolute atomic E-state index is 0.302. The standard InChI is InChI=1S/C13H18BrNOS/c1-2-4-11(12-5-3-6-17-12)15-9-10(8-14)7-13(15)16/h3,5-6,10-11H,2,4,7-9H2,1H3. The lowest BCUT2D eigenvalue weighted by molar-refractivity contribution is -0.129. The van der Waals surface area contributed by atoms with Crippen LogP contribution in [0.1, 0.15) is 37.1 Å². The highest BCUT2D eigenvalue weighted by atomic mass is 79.9. The van der Waals surface area contributed by atoms with Gasteiger partial charge in [0.05, 0.1) is 6.04 Å². The molecule has 0 N–H and O–H groups in total. The first-order chi connectivity index (χ1) is 8.26. The largest absolute Gasteiger partial charge is 0.335 e. The van der Waals surface area contributed by atoms with Crippen LogP contribution in [0.3, 0.4) is 0 Å². The molecular formula is C13H18BrNOS. The fraction of sp³-hybridized carbons (Fsp3) is 0.615. The van der Waals surface area contributed by atoms with Gasteiger partial charge in [0.25, 0.3) is 0 Å². The highest BCUT2D eigenvalue weighted by Gasteiger charge is 2.34. The van der Waals surface area contributed by atoms with Crippen LogP contribution in [0.4, 0.5) is 0 Å². The van der Waals surface area contributed by atoms with Crippen molar-refractivity contribution in [2.45, 2.75) is 32.2 Å². The van der Waals surface area contributed by atoms with Gasteiger partial charge in [0.2, 0.25) is 5.91 Å². The minimum atomic E-state index is 0.302. The molecule has 0 bridgehead atoms. The third kappa shape index (κ3) is 2.91. The topological polar surface area (TPSA) is 20.3 Å². The normalized spacial score (nSPS) is 22.1. The molecule has 1 saturated heterocycles. The maximum Gasteiger partial charge on any atom is 0.223 e. The van der Waals surface area contributed by atoms with Crippen molar-refractivity contribution in [1.29, 1.82) is 0 Å². The van der Waals surface area contributed by atoms with E-state index in [-0.39, 0.29) is 0 Å². The van der Waals surface area contributed by atoms with E-state index in [4.69, 9.17) is 0 Å². The lowest BCUT2D eigenvalue weighted by Gasteiger charge is -2.27. The molecule has 4 heteroatoms. The average molecular weight is 316 g/mol. The molecule has 1 amide bonds. The fourth-order valence-corrected chi connectivity index (χ4v) is 3.73. The van der Waals surface area contributed by atoms with Crippen molar-refractivity contribution in [3.05, 3.63) is 22.4 Å². The molecule has 0 aromatic carbocycles. The van der Waals surface area contributed by atoms with Gasteiger partial charge >= 0.3 is 0 Å². The van der Waals surface area contributed by atoms with E-state index in [2.05, 4.69) is 45.3 Å². The Morgan fingerprint density at radius 2 is 2.47 bits per heavy atom. The SMILES string of the molecule is CCCC(c1cccs1)N1CC(CBr)CC1=O. The van der Waals surface area contributed by atoms with Crippen LogP contribution in [0.15, 0.2) is 17.5 Å². The van der Waals surface area contributed by atoms with E-state index in [0.717, 1.165) is 24.7 Å². The van der Waals surface area contributed by atoms with Crippen molar-refractivity contribution in [2.75, 3.05) is 11.9 Å². The summed E-state index contributed by atoms with van der Waals surface area (Å²) in [5, 5.41) is 3.03. The zero-order valence-electron chi connectivity index (χ0n) is 10.1. The summed E-state index contributed by atoms with van der Waals surface area (Å²) in [5.74, 6) is 0.808. The van der Waals surface area contributed by atoms with Crippen molar-refractivity contribution in [3.8, 4) is 0 Å². The molecular weight excluding hydrogens is 298 g/mol. The highest BCUT2D eigenvalue weighted by molar-refractivity contribution is 9.09. The fourth-order valence-electron chi connectivity index (χ4n) is 2.42. The molecule has 2 heterocycles. The predicted octanol–water partition coefficient (Wildman–Crippen LogP) is 3.83. The third-order valence-corrected chi connectivity index (χ3v) is 5.16. The third-order valence-electron chi connectivity index (χ3n) is 3.27. The average Bonchev–Trinajstić information content (AvgIpc) is 2.95. The van der Waals surface area contributed by atoms with Gasteiger partial charge in [-0.1, -0.05) is 35.3 Å². The Morgan fingerprint density at radius 1 is 1.65 bits per heavy atom. The summed E-state index contributed by atoms with van der Waals surface area (Å²) in [7, 11) is 0. The molecule has 17 heavy (non-hydrogen) atoms. The Hall–Kier alpha value is -0.350. The highest BCUT2D eigenvalue weighted by Crippen LogP contribution is 2.34. The number of likely N-dealkylation sites (tertiary alicyclic amines) is 1. The number of alkyl halides is 1. The van der Waals surface area contributed by atoms with Gasteiger partial charge in [-0.15, -0.1) is 11.3 Å². The second-order valence-corrected chi connectivity index (χ2v) is 6.22. The number of halogens is 1. The van der Waals surface area contributed by atoms with Gasteiger partial charge in [-0.25, -0.2) is 0 Å². The first kappa shape index (κ1) is 13.1. The van der Waals surface area contributed by atoms with Crippen LogP contribution in [0, 0.1) is 5.92 Å². The molecule has 2 unspecified atom stereocenters. The summed E-state index contributed by atoms with van der Waals surface area (Å²) in [6.07, 6.45) is 2.89. The van der Waals surface area contributed by atoms with E-state index in [9.17, 15) is 4.79 Å². The van der Waals surface area contributed by atoms with E-state index in [1.807, 2.05) is 0 Å². The molecule has 94 valence electrons. The summed E-state index contributed by atoms with van der Waals surface area (Å²) >= 11 is 5.25. The molecule has 0 aliphatic carbocycles. The second kappa shape index (κ2) is 6.01. The molecule has 2 nitrogen and oxygen atoms in total. The van der Waals surface area contributed by atoms with E-state index in [1.165, 1.54) is 4.88 Å². The van der Waals surface area contributed by atoms with Crippen molar-refractivity contribution < 1.29 is 4.79 Å². The number of thiophene rings is 1. The summed E-state index contributed by atoms with van der Waals surface area (Å²) in [6.45, 7) is 3.09. The quantitative estimate of drug-likeness (QED) is 0.756. The van der Waals surface area contributed by atoms with Crippen LogP contribution in [-0.4, -0.2) is 22.7 Å². The summed E-state index contributed by atoms with van der Waals surface area (Å²) < 4.78 is 0. The van der Waals surface area contributed by atoms with Crippen molar-refractivity contribution in [3.63, 3.8) is 0 Å². The number of hydrogen-bond acceptors (Lipinski definition) is 2. The number of hydrogen-bond donors (Lipinski definition) is 0. The van der Waals surface area contributed by atoms with Gasteiger partial charge in [-0.05, 0) is 23.8 Å². The zero-order chi connectivity index (χ0) is 12.3. The molecule has 1 aromatic heterocycles.